The molecule has 1 heterocycles. The van der Waals surface area contributed by atoms with Crippen molar-refractivity contribution in [1.82, 2.24) is 5.32 Å². The van der Waals surface area contributed by atoms with Crippen LogP contribution in [0, 0.1) is 0 Å². The van der Waals surface area contributed by atoms with Crippen molar-refractivity contribution in [3.8, 4) is 0 Å². The smallest absolute Gasteiger partial charge is 0.140 e. The first kappa shape index (κ1) is 12.6. The number of hydrogen-bond acceptors (Lipinski definition) is 2. The van der Waals surface area contributed by atoms with Gasteiger partial charge in [0.1, 0.15) is 12.2 Å². The third-order valence-electron chi connectivity index (χ3n) is 1.64. The quantitative estimate of drug-likeness (QED) is 0.483. The summed E-state index contributed by atoms with van der Waals surface area (Å²) in [6.45, 7) is 3.62. The first-order chi connectivity index (χ1) is 7.79. The molecule has 0 bridgehead atoms. The largest absolute Gasteiger partial charge is 0.347 e. The summed E-state index contributed by atoms with van der Waals surface area (Å²) >= 11 is 2.20. The summed E-state index contributed by atoms with van der Waals surface area (Å²) in [4.78, 5) is 11.9. The molecule has 0 aromatic heterocycles. The molecule has 0 spiro atoms. The number of nitrogens with zero attached hydrogens (tertiary/aromatic N) is 3. The van der Waals surface area contributed by atoms with Gasteiger partial charge in [0, 0.05) is 28.5 Å². The maximum Gasteiger partial charge on any atom is 0.140 e. The van der Waals surface area contributed by atoms with Crippen LogP contribution in [0.4, 0.5) is 0 Å². The van der Waals surface area contributed by atoms with Gasteiger partial charge in [-0.2, -0.15) is 0 Å². The third kappa shape index (κ3) is 3.60. The Bertz CT molecular complexity index is 449. The topological polar surface area (TPSA) is 49.1 Å². The van der Waals surface area contributed by atoms with Crippen molar-refractivity contribution in [2.45, 2.75) is 0 Å². The molecule has 0 atom stereocenters. The van der Waals surface area contributed by atoms with Crippen LogP contribution in [0.2, 0.25) is 0 Å². The van der Waals surface area contributed by atoms with E-state index in [0.29, 0.717) is 5.84 Å². The van der Waals surface area contributed by atoms with Crippen molar-refractivity contribution in [1.29, 1.82) is 0 Å². The number of allylic oxidation sites excluding steroid dienone is 2. The van der Waals surface area contributed by atoms with Gasteiger partial charge in [-0.1, -0.05) is 6.58 Å². The van der Waals surface area contributed by atoms with Gasteiger partial charge in [-0.25, -0.2) is 9.98 Å². The van der Waals surface area contributed by atoms with Crippen LogP contribution in [0.5, 0.6) is 0 Å². The van der Waals surface area contributed by atoms with Crippen molar-refractivity contribution in [2.75, 3.05) is 7.05 Å². The van der Waals surface area contributed by atoms with Gasteiger partial charge in [0.25, 0.3) is 0 Å². The molecule has 0 saturated heterocycles. The lowest BCUT2D eigenvalue weighted by atomic mass is 10.2. The van der Waals surface area contributed by atoms with Crippen LogP contribution in [0.15, 0.2) is 55.3 Å². The average Bonchev–Trinajstić information content (AvgIpc) is 2.49. The molecule has 0 aromatic rings. The second-order valence-corrected chi connectivity index (χ2v) is 3.84. The fourth-order valence-electron chi connectivity index (χ4n) is 0.995. The minimum atomic E-state index is 0.677. The first-order valence-electron chi connectivity index (χ1n) is 4.50. The number of nitrogens with one attached hydrogen (secondary N) is 1. The molecular weight excluding hydrogens is 315 g/mol. The molecule has 0 aliphatic carbocycles. The molecule has 4 nitrogen and oxygen atoms in total. The molecule has 1 aliphatic rings. The van der Waals surface area contributed by atoms with E-state index in [9.17, 15) is 0 Å². The predicted octanol–water partition coefficient (Wildman–Crippen LogP) is 2.22. The first-order valence-corrected chi connectivity index (χ1v) is 5.58. The highest BCUT2D eigenvalue weighted by Crippen LogP contribution is 2.17. The third-order valence-corrected chi connectivity index (χ3v) is 2.53. The summed E-state index contributed by atoms with van der Waals surface area (Å²) in [7, 11) is 1.67. The van der Waals surface area contributed by atoms with Crippen molar-refractivity contribution >= 4 is 40.6 Å². The zero-order chi connectivity index (χ0) is 11.8. The fourth-order valence-corrected chi connectivity index (χ4v) is 1.57. The summed E-state index contributed by atoms with van der Waals surface area (Å²) in [6.07, 6.45) is 8.37. The Morgan fingerprint density at radius 1 is 1.69 bits per heavy atom. The molecule has 5 heteroatoms. The lowest BCUT2D eigenvalue weighted by molar-refractivity contribution is 1.27. The Hall–Kier alpha value is -1.46. The molecule has 0 unspecified atom stereocenters. The second kappa shape index (κ2) is 6.92. The van der Waals surface area contributed by atoms with E-state index in [1.807, 2.05) is 6.08 Å². The minimum absolute atomic E-state index is 0.677. The highest BCUT2D eigenvalue weighted by Gasteiger charge is 2.07. The maximum absolute atomic E-state index is 4.19. The number of amidine groups is 1. The molecule has 0 saturated carbocycles. The zero-order valence-corrected chi connectivity index (χ0v) is 11.0. The lowest BCUT2D eigenvalue weighted by Crippen LogP contribution is -2.19. The van der Waals surface area contributed by atoms with Crippen molar-refractivity contribution in [2.24, 2.45) is 15.0 Å². The van der Waals surface area contributed by atoms with E-state index in [2.05, 4.69) is 55.3 Å². The normalized spacial score (nSPS) is 15.8. The van der Waals surface area contributed by atoms with Crippen LogP contribution < -0.4 is 5.32 Å². The molecule has 0 fully saturated rings. The highest BCUT2D eigenvalue weighted by atomic mass is 127. The summed E-state index contributed by atoms with van der Waals surface area (Å²) < 4.78 is 0.993. The number of halogens is 1. The van der Waals surface area contributed by atoms with E-state index in [4.69, 9.17) is 0 Å². The van der Waals surface area contributed by atoms with Crippen LogP contribution in [0.3, 0.4) is 0 Å². The van der Waals surface area contributed by atoms with Crippen molar-refractivity contribution in [3.63, 3.8) is 0 Å². The van der Waals surface area contributed by atoms with Gasteiger partial charge in [-0.15, -0.1) is 0 Å². The lowest BCUT2D eigenvalue weighted by Gasteiger charge is -2.06. The fraction of sp³-hybridized carbons (Fsp3) is 0.0909. The standard InChI is InChI=1S/C11H11IN4/c1-3-15-11(16-8-13-2)9-4-6-14-7-5-10(9)12/h3-6,8H,1H2,2H3,(H,13,15,16). The van der Waals surface area contributed by atoms with E-state index in [1.54, 1.807) is 25.5 Å². The highest BCUT2D eigenvalue weighted by molar-refractivity contribution is 14.1. The summed E-state index contributed by atoms with van der Waals surface area (Å²) in [5.74, 6) is 3.46. The monoisotopic (exact) mass is 326 g/mol. The average molecular weight is 326 g/mol. The summed E-state index contributed by atoms with van der Waals surface area (Å²) in [5.41, 5.74) is 0.925. The summed E-state index contributed by atoms with van der Waals surface area (Å²) in [5, 5.41) is 2.96. The molecule has 0 radical (unpaired) electrons. The predicted molar refractivity (Wildman–Crippen MR) is 77.4 cm³/mol. The minimum Gasteiger partial charge on any atom is -0.347 e. The Labute approximate surface area is 108 Å². The maximum atomic E-state index is 4.19. The summed E-state index contributed by atoms with van der Waals surface area (Å²) in [6, 6.07) is 0. The molecule has 1 rings (SSSR count). The van der Waals surface area contributed by atoms with Crippen molar-refractivity contribution < 1.29 is 0 Å². The van der Waals surface area contributed by atoms with Crippen LogP contribution in [-0.2, 0) is 0 Å². The SMILES string of the molecule is C=CNC(=NC=NC)C1=C(I)C=C=NC=C1. The molecule has 0 aromatic carbocycles. The second-order valence-electron chi connectivity index (χ2n) is 2.68. The van der Waals surface area contributed by atoms with Crippen LogP contribution in [-0.4, -0.2) is 25.1 Å². The number of aliphatic imine (C=N–C) groups is 3. The van der Waals surface area contributed by atoms with E-state index < -0.39 is 0 Å². The van der Waals surface area contributed by atoms with Crippen LogP contribution >= 0.6 is 22.6 Å². The molecule has 1 aliphatic heterocycles. The molecular formula is C11H11IN4. The molecule has 16 heavy (non-hydrogen) atoms. The van der Waals surface area contributed by atoms with E-state index in [-0.39, 0.29) is 0 Å². The Balaban J connectivity index is 3.12. The van der Waals surface area contributed by atoms with Gasteiger partial charge < -0.3 is 5.32 Å². The Kier molecular flexibility index (Phi) is 5.45. The van der Waals surface area contributed by atoms with Gasteiger partial charge >= 0.3 is 0 Å². The number of hydrogen-bond donors (Lipinski definition) is 1. The van der Waals surface area contributed by atoms with Gasteiger partial charge in [0.15, 0.2) is 0 Å². The van der Waals surface area contributed by atoms with Crippen LogP contribution in [0.1, 0.15) is 0 Å². The molecule has 0 amide bonds. The van der Waals surface area contributed by atoms with Gasteiger partial charge in [-0.3, -0.25) is 4.99 Å². The van der Waals surface area contributed by atoms with E-state index >= 15 is 0 Å². The van der Waals surface area contributed by atoms with E-state index in [0.717, 1.165) is 9.15 Å². The Morgan fingerprint density at radius 3 is 3.19 bits per heavy atom. The van der Waals surface area contributed by atoms with Gasteiger partial charge in [0.05, 0.1) is 0 Å². The van der Waals surface area contributed by atoms with Gasteiger partial charge in [-0.05, 0) is 40.7 Å². The molecule has 82 valence electrons. The zero-order valence-electron chi connectivity index (χ0n) is 8.81. The van der Waals surface area contributed by atoms with Gasteiger partial charge in [0.2, 0.25) is 0 Å². The Morgan fingerprint density at radius 2 is 2.50 bits per heavy atom. The van der Waals surface area contributed by atoms with Crippen LogP contribution in [0.25, 0.3) is 0 Å². The molecule has 1 N–H and O–H groups in total. The van der Waals surface area contributed by atoms with Crippen molar-refractivity contribution in [3.05, 3.63) is 40.3 Å². The number of rotatable bonds is 3. The van der Waals surface area contributed by atoms with E-state index in [1.165, 1.54) is 6.34 Å².